The van der Waals surface area contributed by atoms with Crippen LogP contribution in [0.5, 0.6) is 5.75 Å². The lowest BCUT2D eigenvalue weighted by Crippen LogP contribution is -2.25. The zero-order valence-electron chi connectivity index (χ0n) is 21.2. The summed E-state index contributed by atoms with van der Waals surface area (Å²) in [5.41, 5.74) is 6.49. The van der Waals surface area contributed by atoms with Gasteiger partial charge in [0.15, 0.2) is 0 Å². The van der Waals surface area contributed by atoms with Gasteiger partial charge in [0.25, 0.3) is 0 Å². The van der Waals surface area contributed by atoms with E-state index in [9.17, 15) is 4.39 Å². The Hall–Kier alpha value is -4.63. The zero-order chi connectivity index (χ0) is 26.2. The molecule has 1 aliphatic rings. The van der Waals surface area contributed by atoms with Crippen molar-refractivity contribution < 1.29 is 9.13 Å². The first kappa shape index (κ1) is 23.5. The Morgan fingerprint density at radius 3 is 2.74 bits per heavy atom. The van der Waals surface area contributed by atoms with Crippen LogP contribution in [0.2, 0.25) is 0 Å². The molecule has 0 amide bonds. The standard InChI is InChI=1S/C30H26FN7O/c31-23-6-2-1-5-21(23)28-22-16-27(34-25(22)9-10-33-28)30-29-26(36-37-30)8-7-24(35-29)19-15-20(18-32-17-19)39-14-13-38-11-3-4-12-38/h1-2,5-10,15-18,34H,3-4,11-14H2,(H,36,37). The van der Waals surface area contributed by atoms with Crippen molar-refractivity contribution in [3.8, 4) is 39.7 Å². The Kier molecular flexibility index (Phi) is 5.97. The molecular formula is C30H26FN7O. The van der Waals surface area contributed by atoms with E-state index in [4.69, 9.17) is 9.72 Å². The van der Waals surface area contributed by atoms with Gasteiger partial charge in [-0.3, -0.25) is 20.0 Å². The molecule has 8 nitrogen and oxygen atoms in total. The number of nitrogens with zero attached hydrogens (tertiary/aromatic N) is 5. The summed E-state index contributed by atoms with van der Waals surface area (Å²) >= 11 is 0. The normalized spacial score (nSPS) is 14.0. The fourth-order valence-corrected chi connectivity index (χ4v) is 5.23. The second-order valence-electron chi connectivity index (χ2n) is 9.76. The topological polar surface area (TPSA) is 95.6 Å². The van der Waals surface area contributed by atoms with Crippen LogP contribution in [0.4, 0.5) is 4.39 Å². The largest absolute Gasteiger partial charge is 0.491 e. The molecule has 0 radical (unpaired) electrons. The van der Waals surface area contributed by atoms with Crippen LogP contribution in [0.3, 0.4) is 0 Å². The summed E-state index contributed by atoms with van der Waals surface area (Å²) in [7, 11) is 0. The number of benzene rings is 1. The lowest BCUT2D eigenvalue weighted by atomic mass is 10.1. The van der Waals surface area contributed by atoms with Crippen LogP contribution in [-0.4, -0.2) is 61.3 Å². The summed E-state index contributed by atoms with van der Waals surface area (Å²) in [4.78, 5) is 19.6. The molecule has 7 rings (SSSR count). The highest BCUT2D eigenvalue weighted by Gasteiger charge is 2.17. The van der Waals surface area contributed by atoms with Gasteiger partial charge in [0, 0.05) is 41.0 Å². The molecule has 39 heavy (non-hydrogen) atoms. The van der Waals surface area contributed by atoms with Crippen molar-refractivity contribution in [3.63, 3.8) is 0 Å². The maximum atomic E-state index is 14.6. The number of rotatable bonds is 7. The van der Waals surface area contributed by atoms with Crippen LogP contribution in [0.25, 0.3) is 55.8 Å². The first-order valence-electron chi connectivity index (χ1n) is 13.1. The molecule has 1 aromatic carbocycles. The van der Waals surface area contributed by atoms with E-state index in [0.717, 1.165) is 64.3 Å². The van der Waals surface area contributed by atoms with Crippen molar-refractivity contribution in [1.82, 2.24) is 35.0 Å². The number of H-pyrrole nitrogens is 2. The van der Waals surface area contributed by atoms with Gasteiger partial charge < -0.3 is 9.72 Å². The third-order valence-electron chi connectivity index (χ3n) is 7.22. The van der Waals surface area contributed by atoms with Crippen molar-refractivity contribution >= 4 is 21.9 Å². The lowest BCUT2D eigenvalue weighted by molar-refractivity contribution is 0.237. The number of halogens is 1. The third kappa shape index (κ3) is 4.51. The van der Waals surface area contributed by atoms with Gasteiger partial charge in [-0.25, -0.2) is 9.37 Å². The Balaban J connectivity index is 1.21. The second kappa shape index (κ2) is 9.92. The van der Waals surface area contributed by atoms with Crippen molar-refractivity contribution in [3.05, 3.63) is 79.0 Å². The number of likely N-dealkylation sites (tertiary alicyclic amines) is 1. The van der Waals surface area contributed by atoms with Gasteiger partial charge in [-0.05, 0) is 68.4 Å². The van der Waals surface area contributed by atoms with E-state index in [-0.39, 0.29) is 5.82 Å². The van der Waals surface area contributed by atoms with E-state index in [2.05, 4.69) is 30.0 Å². The van der Waals surface area contributed by atoms with Crippen molar-refractivity contribution in [2.24, 2.45) is 0 Å². The van der Waals surface area contributed by atoms with E-state index in [1.165, 1.54) is 18.9 Å². The summed E-state index contributed by atoms with van der Waals surface area (Å²) in [6.07, 6.45) is 7.74. The summed E-state index contributed by atoms with van der Waals surface area (Å²) < 4.78 is 20.6. The predicted octanol–water partition coefficient (Wildman–Crippen LogP) is 5.84. The van der Waals surface area contributed by atoms with Crippen molar-refractivity contribution in [1.29, 1.82) is 0 Å². The number of nitrogens with one attached hydrogen (secondary N) is 2. The fraction of sp³-hybridized carbons (Fsp3) is 0.200. The quantitative estimate of drug-likeness (QED) is 0.275. The second-order valence-corrected chi connectivity index (χ2v) is 9.76. The van der Waals surface area contributed by atoms with Crippen molar-refractivity contribution in [2.75, 3.05) is 26.2 Å². The molecule has 0 saturated carbocycles. The van der Waals surface area contributed by atoms with Gasteiger partial charge in [0.05, 0.1) is 28.8 Å². The molecule has 6 aromatic rings. The predicted molar refractivity (Wildman–Crippen MR) is 149 cm³/mol. The average molecular weight is 520 g/mol. The lowest BCUT2D eigenvalue weighted by Gasteiger charge is -2.15. The molecule has 1 fully saturated rings. The van der Waals surface area contributed by atoms with Gasteiger partial charge in [-0.15, -0.1) is 0 Å². The number of pyridine rings is 3. The number of hydrogen-bond donors (Lipinski definition) is 2. The molecule has 2 N–H and O–H groups in total. The van der Waals surface area contributed by atoms with Gasteiger partial charge >= 0.3 is 0 Å². The Morgan fingerprint density at radius 1 is 0.949 bits per heavy atom. The van der Waals surface area contributed by atoms with Crippen LogP contribution in [0.1, 0.15) is 12.8 Å². The van der Waals surface area contributed by atoms with Gasteiger partial charge in [-0.2, -0.15) is 5.10 Å². The van der Waals surface area contributed by atoms with E-state index in [1.807, 2.05) is 36.4 Å². The minimum absolute atomic E-state index is 0.312. The number of fused-ring (bicyclic) bond motifs is 2. The number of ether oxygens (including phenoxy) is 1. The van der Waals surface area contributed by atoms with E-state index >= 15 is 0 Å². The molecule has 0 spiro atoms. The Labute approximate surface area is 223 Å². The molecule has 0 bridgehead atoms. The van der Waals surface area contributed by atoms with Crippen LogP contribution in [-0.2, 0) is 0 Å². The highest BCUT2D eigenvalue weighted by atomic mass is 19.1. The monoisotopic (exact) mass is 519 g/mol. The summed E-state index contributed by atoms with van der Waals surface area (Å²) in [6, 6.07) is 16.4. The Bertz CT molecular complexity index is 1790. The van der Waals surface area contributed by atoms with E-state index < -0.39 is 0 Å². The molecule has 194 valence electrons. The maximum Gasteiger partial charge on any atom is 0.138 e. The van der Waals surface area contributed by atoms with E-state index in [0.29, 0.717) is 23.6 Å². The molecule has 6 heterocycles. The molecule has 5 aromatic heterocycles. The fourth-order valence-electron chi connectivity index (χ4n) is 5.23. The SMILES string of the molecule is Fc1ccccc1-c1nccc2[nH]c(-c3n[nH]c4ccc(-c5cncc(OCCN6CCCC6)c5)nc34)cc12. The molecule has 1 aliphatic heterocycles. The van der Waals surface area contributed by atoms with Crippen molar-refractivity contribution in [2.45, 2.75) is 12.8 Å². The first-order valence-corrected chi connectivity index (χ1v) is 13.1. The summed E-state index contributed by atoms with van der Waals surface area (Å²) in [5, 5.41) is 8.44. The number of aromatic amines is 2. The molecule has 0 aliphatic carbocycles. The van der Waals surface area contributed by atoms with Crippen LogP contribution in [0, 0.1) is 5.82 Å². The smallest absolute Gasteiger partial charge is 0.138 e. The Morgan fingerprint density at radius 2 is 1.85 bits per heavy atom. The molecular weight excluding hydrogens is 493 g/mol. The third-order valence-corrected chi connectivity index (χ3v) is 7.22. The summed E-state index contributed by atoms with van der Waals surface area (Å²) in [5.74, 6) is 0.414. The number of hydrogen-bond acceptors (Lipinski definition) is 6. The highest BCUT2D eigenvalue weighted by molar-refractivity contribution is 5.99. The minimum Gasteiger partial charge on any atom is -0.491 e. The van der Waals surface area contributed by atoms with Crippen LogP contribution in [0.15, 0.2) is 73.2 Å². The van der Waals surface area contributed by atoms with Crippen LogP contribution >= 0.6 is 0 Å². The van der Waals surface area contributed by atoms with Gasteiger partial charge in [-0.1, -0.05) is 12.1 Å². The van der Waals surface area contributed by atoms with Gasteiger partial charge in [0.1, 0.15) is 29.4 Å². The molecule has 1 saturated heterocycles. The molecule has 0 atom stereocenters. The van der Waals surface area contributed by atoms with Gasteiger partial charge in [0.2, 0.25) is 0 Å². The molecule has 0 unspecified atom stereocenters. The average Bonchev–Trinajstić information content (AvgIpc) is 3.73. The van der Waals surface area contributed by atoms with Crippen LogP contribution < -0.4 is 4.74 Å². The minimum atomic E-state index is -0.312. The highest BCUT2D eigenvalue weighted by Crippen LogP contribution is 2.34. The maximum absolute atomic E-state index is 14.6. The first-order chi connectivity index (χ1) is 19.2. The molecule has 9 heteroatoms. The van der Waals surface area contributed by atoms with E-state index in [1.54, 1.807) is 30.7 Å². The number of aromatic nitrogens is 6. The summed E-state index contributed by atoms with van der Waals surface area (Å²) in [6.45, 7) is 3.85. The zero-order valence-corrected chi connectivity index (χ0v) is 21.2.